The highest BCUT2D eigenvalue weighted by atomic mass is 32.1. The van der Waals surface area contributed by atoms with E-state index in [-0.39, 0.29) is 0 Å². The number of nitrogens with zero attached hydrogens (tertiary/aromatic N) is 3. The fourth-order valence-electron chi connectivity index (χ4n) is 8.67. The van der Waals surface area contributed by atoms with Crippen LogP contribution >= 0.6 is 11.3 Å². The lowest BCUT2D eigenvalue weighted by atomic mass is 9.95. The van der Waals surface area contributed by atoms with Crippen LogP contribution in [0.5, 0.6) is 0 Å². The molecule has 9 aromatic carbocycles. The molecule has 5 heteroatoms. The van der Waals surface area contributed by atoms with E-state index in [4.69, 9.17) is 19.4 Å². The Bertz CT molecular complexity index is 3600. The molecule has 0 N–H and O–H groups in total. The van der Waals surface area contributed by atoms with Gasteiger partial charge in [0.15, 0.2) is 17.5 Å². The summed E-state index contributed by atoms with van der Waals surface area (Å²) >= 11 is 1.78. The second-order valence-electron chi connectivity index (χ2n) is 15.1. The molecule has 0 aliphatic carbocycles. The molecule has 0 saturated carbocycles. The van der Waals surface area contributed by atoms with Crippen LogP contribution in [-0.2, 0) is 0 Å². The lowest BCUT2D eigenvalue weighted by Gasteiger charge is -2.09. The van der Waals surface area contributed by atoms with Crippen molar-refractivity contribution >= 4 is 64.2 Å². The Morgan fingerprint density at radius 3 is 1.67 bits per heavy atom. The van der Waals surface area contributed by atoms with Crippen molar-refractivity contribution in [3.8, 4) is 67.5 Å². The third kappa shape index (κ3) is 5.70. The Kier molecular flexibility index (Phi) is 8.00. The lowest BCUT2D eigenvalue weighted by Crippen LogP contribution is -2.00. The molecule has 0 aliphatic heterocycles. The van der Waals surface area contributed by atoms with Crippen LogP contribution in [-0.4, -0.2) is 15.0 Å². The number of hydrogen-bond donors (Lipinski definition) is 0. The Morgan fingerprint density at radius 2 is 0.850 bits per heavy atom. The molecule has 0 spiro atoms. The van der Waals surface area contributed by atoms with E-state index in [1.165, 1.54) is 48.5 Å². The summed E-state index contributed by atoms with van der Waals surface area (Å²) in [5, 5.41) is 6.97. The minimum absolute atomic E-state index is 0.566. The van der Waals surface area contributed by atoms with Gasteiger partial charge in [0.2, 0.25) is 0 Å². The SMILES string of the molecule is c1ccc(-c2nc(-c3cccc4c3oc3c(-c5ccccc5)cccc34)nc(-c3cccc4c3sc3cc(-c5cccc(-c6cccc7ccccc67)c5)ccc34)n2)cc1. The number of para-hydroxylation sites is 2. The summed E-state index contributed by atoms with van der Waals surface area (Å²) < 4.78 is 9.18. The summed E-state index contributed by atoms with van der Waals surface area (Å²) in [6.07, 6.45) is 0. The number of benzene rings is 9. The smallest absolute Gasteiger partial charge is 0.167 e. The molecule has 0 aliphatic rings. The van der Waals surface area contributed by atoms with Gasteiger partial charge in [0.05, 0.1) is 5.56 Å². The Hall–Kier alpha value is -7.73. The maximum Gasteiger partial charge on any atom is 0.167 e. The second-order valence-corrected chi connectivity index (χ2v) is 16.2. The number of furan rings is 1. The number of rotatable bonds is 6. The number of aromatic nitrogens is 3. The van der Waals surface area contributed by atoms with E-state index < -0.39 is 0 Å². The van der Waals surface area contributed by atoms with Crippen LogP contribution in [0.3, 0.4) is 0 Å². The van der Waals surface area contributed by atoms with Gasteiger partial charge in [-0.3, -0.25) is 0 Å². The summed E-state index contributed by atoms with van der Waals surface area (Å²) in [5.41, 5.74) is 11.3. The molecule has 0 saturated heterocycles. The average molecular weight is 784 g/mol. The first-order chi connectivity index (χ1) is 29.7. The first-order valence-corrected chi connectivity index (χ1v) is 20.9. The van der Waals surface area contributed by atoms with Crippen LogP contribution < -0.4 is 0 Å². The predicted molar refractivity (Wildman–Crippen MR) is 250 cm³/mol. The second kappa shape index (κ2) is 14.0. The third-order valence-corrected chi connectivity index (χ3v) is 12.8. The Labute approximate surface area is 349 Å². The van der Waals surface area contributed by atoms with Gasteiger partial charge in [-0.25, -0.2) is 15.0 Å². The van der Waals surface area contributed by atoms with Crippen LogP contribution in [0, 0.1) is 0 Å². The largest absolute Gasteiger partial charge is 0.455 e. The number of hydrogen-bond acceptors (Lipinski definition) is 5. The van der Waals surface area contributed by atoms with Crippen LogP contribution in [0.25, 0.3) is 120 Å². The highest BCUT2D eigenvalue weighted by Crippen LogP contribution is 2.43. The Morgan fingerprint density at radius 1 is 0.317 bits per heavy atom. The van der Waals surface area contributed by atoms with Crippen LogP contribution in [0.15, 0.2) is 205 Å². The highest BCUT2D eigenvalue weighted by molar-refractivity contribution is 7.26. The Balaban J connectivity index is 1.00. The van der Waals surface area contributed by atoms with E-state index in [0.717, 1.165) is 54.5 Å². The standard InChI is InChI=1S/C55H33N3OS/c1-3-14-35(15-4-1)42-24-11-25-44-45-26-12-28-47(51(45)59-50(42)44)54-56-53(36-17-5-2-6-18-36)57-55(58-54)48-29-13-27-46-43-31-30-38(33-49(43)60-52(46)48)37-20-9-21-39(32-37)41-23-10-19-34-16-7-8-22-40(34)41/h1-33H. The zero-order valence-electron chi connectivity index (χ0n) is 32.2. The fraction of sp³-hybridized carbons (Fsp3) is 0. The van der Waals surface area contributed by atoms with Crippen molar-refractivity contribution in [3.05, 3.63) is 200 Å². The van der Waals surface area contributed by atoms with Crippen molar-refractivity contribution in [2.45, 2.75) is 0 Å². The molecule has 3 heterocycles. The van der Waals surface area contributed by atoms with Gasteiger partial charge in [0, 0.05) is 47.6 Å². The number of thiophene rings is 1. The van der Waals surface area contributed by atoms with Crippen molar-refractivity contribution < 1.29 is 4.42 Å². The van der Waals surface area contributed by atoms with Gasteiger partial charge in [-0.15, -0.1) is 11.3 Å². The van der Waals surface area contributed by atoms with Crippen LogP contribution in [0.1, 0.15) is 0 Å². The van der Waals surface area contributed by atoms with Crippen molar-refractivity contribution in [1.29, 1.82) is 0 Å². The minimum Gasteiger partial charge on any atom is -0.455 e. The van der Waals surface area contributed by atoms with Gasteiger partial charge in [-0.1, -0.05) is 176 Å². The molecular formula is C55H33N3OS. The van der Waals surface area contributed by atoms with Gasteiger partial charge < -0.3 is 4.42 Å². The number of fused-ring (bicyclic) bond motifs is 7. The van der Waals surface area contributed by atoms with E-state index in [1.807, 2.05) is 36.4 Å². The van der Waals surface area contributed by atoms with Crippen molar-refractivity contribution in [1.82, 2.24) is 15.0 Å². The molecule has 12 rings (SSSR count). The van der Waals surface area contributed by atoms with E-state index in [0.29, 0.717) is 17.5 Å². The molecule has 280 valence electrons. The summed E-state index contributed by atoms with van der Waals surface area (Å²) in [5.74, 6) is 1.80. The molecule has 0 bridgehead atoms. The lowest BCUT2D eigenvalue weighted by molar-refractivity contribution is 0.670. The van der Waals surface area contributed by atoms with Gasteiger partial charge >= 0.3 is 0 Å². The molecule has 12 aromatic rings. The minimum atomic E-state index is 0.566. The zero-order valence-corrected chi connectivity index (χ0v) is 33.0. The van der Waals surface area contributed by atoms with E-state index in [1.54, 1.807) is 11.3 Å². The average Bonchev–Trinajstić information content (AvgIpc) is 3.90. The third-order valence-electron chi connectivity index (χ3n) is 11.6. The first kappa shape index (κ1) is 34.3. The molecule has 0 fully saturated rings. The van der Waals surface area contributed by atoms with Crippen molar-refractivity contribution in [2.24, 2.45) is 0 Å². The first-order valence-electron chi connectivity index (χ1n) is 20.1. The molecule has 0 atom stereocenters. The summed E-state index contributed by atoms with van der Waals surface area (Å²) in [7, 11) is 0. The molecule has 3 aromatic heterocycles. The van der Waals surface area contributed by atoms with Crippen molar-refractivity contribution in [3.63, 3.8) is 0 Å². The van der Waals surface area contributed by atoms with E-state index in [2.05, 4.69) is 164 Å². The van der Waals surface area contributed by atoms with E-state index in [9.17, 15) is 0 Å². The summed E-state index contributed by atoms with van der Waals surface area (Å²) in [4.78, 5) is 15.6. The van der Waals surface area contributed by atoms with Crippen molar-refractivity contribution in [2.75, 3.05) is 0 Å². The summed E-state index contributed by atoms with van der Waals surface area (Å²) in [6.45, 7) is 0. The monoisotopic (exact) mass is 783 g/mol. The van der Waals surface area contributed by atoms with Gasteiger partial charge in [0.1, 0.15) is 11.2 Å². The van der Waals surface area contributed by atoms with E-state index >= 15 is 0 Å². The normalized spacial score (nSPS) is 11.7. The topological polar surface area (TPSA) is 51.8 Å². The van der Waals surface area contributed by atoms with Gasteiger partial charge in [-0.05, 0) is 62.9 Å². The van der Waals surface area contributed by atoms with Crippen LogP contribution in [0.4, 0.5) is 0 Å². The molecule has 0 radical (unpaired) electrons. The molecule has 4 nitrogen and oxygen atoms in total. The zero-order chi connectivity index (χ0) is 39.6. The van der Waals surface area contributed by atoms with Gasteiger partial charge in [-0.2, -0.15) is 0 Å². The fourth-order valence-corrected chi connectivity index (χ4v) is 9.92. The molecular weight excluding hydrogens is 751 g/mol. The maximum atomic E-state index is 6.83. The highest BCUT2D eigenvalue weighted by Gasteiger charge is 2.21. The van der Waals surface area contributed by atoms with Gasteiger partial charge in [0.25, 0.3) is 0 Å². The molecule has 60 heavy (non-hydrogen) atoms. The quantitative estimate of drug-likeness (QED) is 0.169. The summed E-state index contributed by atoms with van der Waals surface area (Å²) in [6, 6.07) is 70.4. The maximum absolute atomic E-state index is 6.83. The predicted octanol–water partition coefficient (Wildman–Crippen LogP) is 15.3. The molecule has 0 unspecified atom stereocenters. The van der Waals surface area contributed by atoms with Crippen LogP contribution in [0.2, 0.25) is 0 Å². The molecule has 0 amide bonds.